The number of hydrogen-bond acceptors (Lipinski definition) is 4. The average molecular weight is 481 g/mol. The molecular weight excluding hydrogens is 444 g/mol. The molecule has 5 nitrogen and oxygen atoms in total. The number of nitrogens with zero attached hydrogens (tertiary/aromatic N) is 1. The van der Waals surface area contributed by atoms with E-state index in [-0.39, 0.29) is 12.5 Å². The molecule has 0 bridgehead atoms. The molecule has 0 radical (unpaired) electrons. The van der Waals surface area contributed by atoms with Crippen LogP contribution in [0.2, 0.25) is 0 Å². The van der Waals surface area contributed by atoms with Crippen molar-refractivity contribution in [2.75, 3.05) is 40.5 Å². The van der Waals surface area contributed by atoms with Gasteiger partial charge in [-0.1, -0.05) is 15.9 Å². The first-order chi connectivity index (χ1) is 14.6. The SMILES string of the molecule is COCC(=O)NC1CCC(CCN2CCC(Cc3cc(OC)ccc3Br)CC2)CC1. The Morgan fingerprint density at radius 3 is 2.50 bits per heavy atom. The minimum absolute atomic E-state index is 0.0183. The summed E-state index contributed by atoms with van der Waals surface area (Å²) in [6.45, 7) is 3.83. The number of hydrogen-bond donors (Lipinski definition) is 1. The number of piperidine rings is 1. The Morgan fingerprint density at radius 1 is 1.10 bits per heavy atom. The third kappa shape index (κ3) is 7.24. The minimum Gasteiger partial charge on any atom is -0.497 e. The van der Waals surface area contributed by atoms with E-state index in [1.807, 2.05) is 6.07 Å². The number of carbonyl (C=O) groups is 1. The van der Waals surface area contributed by atoms with Crippen molar-refractivity contribution in [3.8, 4) is 5.75 Å². The molecule has 2 fully saturated rings. The van der Waals surface area contributed by atoms with Crippen LogP contribution in [-0.4, -0.2) is 57.3 Å². The van der Waals surface area contributed by atoms with Gasteiger partial charge < -0.3 is 19.7 Å². The largest absolute Gasteiger partial charge is 0.497 e. The van der Waals surface area contributed by atoms with Gasteiger partial charge in [-0.05, 0) is 107 Å². The van der Waals surface area contributed by atoms with E-state index in [0.29, 0.717) is 6.04 Å². The Morgan fingerprint density at radius 2 is 1.83 bits per heavy atom. The van der Waals surface area contributed by atoms with E-state index in [0.717, 1.165) is 36.8 Å². The third-order valence-electron chi connectivity index (χ3n) is 6.81. The summed E-state index contributed by atoms with van der Waals surface area (Å²) in [5.41, 5.74) is 1.36. The quantitative estimate of drug-likeness (QED) is 0.567. The number of ether oxygens (including phenoxy) is 2. The van der Waals surface area contributed by atoms with Crippen molar-refractivity contribution in [1.82, 2.24) is 10.2 Å². The lowest BCUT2D eigenvalue weighted by molar-refractivity contribution is -0.125. The highest BCUT2D eigenvalue weighted by atomic mass is 79.9. The maximum absolute atomic E-state index is 11.7. The normalized spacial score (nSPS) is 23.3. The standard InChI is InChI=1S/C24H37BrN2O3/c1-29-17-24(28)26-21-5-3-18(4-6-21)9-12-27-13-10-19(11-14-27)15-20-16-22(30-2)7-8-23(20)25/h7-8,16,18-19,21H,3-6,9-15,17H2,1-2H3,(H,26,28). The predicted molar refractivity (Wildman–Crippen MR) is 124 cm³/mol. The van der Waals surface area contributed by atoms with Crippen molar-refractivity contribution in [3.63, 3.8) is 0 Å². The topological polar surface area (TPSA) is 50.8 Å². The van der Waals surface area contributed by atoms with Crippen molar-refractivity contribution >= 4 is 21.8 Å². The van der Waals surface area contributed by atoms with E-state index in [9.17, 15) is 4.79 Å². The van der Waals surface area contributed by atoms with Crippen LogP contribution in [0.1, 0.15) is 50.5 Å². The smallest absolute Gasteiger partial charge is 0.246 e. The first kappa shape index (κ1) is 23.6. The van der Waals surface area contributed by atoms with E-state index in [2.05, 4.69) is 38.3 Å². The summed E-state index contributed by atoms with van der Waals surface area (Å²) in [5, 5.41) is 3.10. The highest BCUT2D eigenvalue weighted by Crippen LogP contribution is 2.30. The monoisotopic (exact) mass is 480 g/mol. The molecule has 1 aromatic rings. The average Bonchev–Trinajstić information content (AvgIpc) is 2.76. The molecule has 1 saturated heterocycles. The zero-order valence-corrected chi connectivity index (χ0v) is 20.1. The fourth-order valence-electron chi connectivity index (χ4n) is 4.92. The zero-order chi connectivity index (χ0) is 21.3. The number of methoxy groups -OCH3 is 2. The van der Waals surface area contributed by atoms with Crippen LogP contribution in [0.4, 0.5) is 0 Å². The van der Waals surface area contributed by atoms with Crippen LogP contribution < -0.4 is 10.1 Å². The van der Waals surface area contributed by atoms with Gasteiger partial charge >= 0.3 is 0 Å². The van der Waals surface area contributed by atoms with Gasteiger partial charge in [0.25, 0.3) is 0 Å². The minimum atomic E-state index is 0.0183. The van der Waals surface area contributed by atoms with Crippen molar-refractivity contribution in [3.05, 3.63) is 28.2 Å². The third-order valence-corrected chi connectivity index (χ3v) is 7.58. The second-order valence-corrected chi connectivity index (χ2v) is 9.81. The van der Waals surface area contributed by atoms with Crippen LogP contribution in [0.15, 0.2) is 22.7 Å². The second-order valence-electron chi connectivity index (χ2n) is 8.95. The van der Waals surface area contributed by atoms with E-state index < -0.39 is 0 Å². The summed E-state index contributed by atoms with van der Waals surface area (Å²) in [7, 11) is 3.30. The van der Waals surface area contributed by atoms with Crippen molar-refractivity contribution in [1.29, 1.82) is 0 Å². The molecule has 1 amide bonds. The number of amides is 1. The molecule has 0 aromatic heterocycles. The number of carbonyl (C=O) groups excluding carboxylic acids is 1. The molecule has 3 rings (SSSR count). The fraction of sp³-hybridized carbons (Fsp3) is 0.708. The van der Waals surface area contributed by atoms with Gasteiger partial charge in [0.15, 0.2) is 0 Å². The van der Waals surface area contributed by atoms with Gasteiger partial charge in [-0.3, -0.25) is 4.79 Å². The molecule has 2 aliphatic rings. The van der Waals surface area contributed by atoms with Gasteiger partial charge in [0.1, 0.15) is 12.4 Å². The molecule has 1 aliphatic carbocycles. The lowest BCUT2D eigenvalue weighted by Crippen LogP contribution is -2.40. The lowest BCUT2D eigenvalue weighted by atomic mass is 9.83. The molecule has 0 spiro atoms. The van der Waals surface area contributed by atoms with Gasteiger partial charge in [-0.25, -0.2) is 0 Å². The van der Waals surface area contributed by atoms with Crippen LogP contribution in [0.25, 0.3) is 0 Å². The molecule has 0 atom stereocenters. The van der Waals surface area contributed by atoms with Gasteiger partial charge in [0.2, 0.25) is 5.91 Å². The summed E-state index contributed by atoms with van der Waals surface area (Å²) in [4.78, 5) is 14.3. The van der Waals surface area contributed by atoms with Crippen molar-refractivity contribution < 1.29 is 14.3 Å². The molecule has 6 heteroatoms. The Balaban J connectivity index is 1.32. The van der Waals surface area contributed by atoms with Gasteiger partial charge in [0, 0.05) is 17.6 Å². The van der Waals surface area contributed by atoms with Crippen LogP contribution in [0.3, 0.4) is 0 Å². The molecule has 1 saturated carbocycles. The van der Waals surface area contributed by atoms with Crippen LogP contribution in [0, 0.1) is 11.8 Å². The van der Waals surface area contributed by atoms with Gasteiger partial charge in [0.05, 0.1) is 7.11 Å². The molecule has 1 heterocycles. The number of halogens is 1. The molecule has 1 aromatic carbocycles. The summed E-state index contributed by atoms with van der Waals surface area (Å²) in [6.07, 6.45) is 9.67. The second kappa shape index (κ2) is 12.1. The van der Waals surface area contributed by atoms with Gasteiger partial charge in [-0.15, -0.1) is 0 Å². The van der Waals surface area contributed by atoms with E-state index in [1.165, 1.54) is 61.8 Å². The number of benzene rings is 1. The van der Waals surface area contributed by atoms with Gasteiger partial charge in [-0.2, -0.15) is 0 Å². The van der Waals surface area contributed by atoms with E-state index >= 15 is 0 Å². The maximum Gasteiger partial charge on any atom is 0.246 e. The molecular formula is C24H37BrN2O3. The van der Waals surface area contributed by atoms with E-state index in [4.69, 9.17) is 9.47 Å². The maximum atomic E-state index is 11.7. The molecule has 1 aliphatic heterocycles. The Labute approximate surface area is 190 Å². The summed E-state index contributed by atoms with van der Waals surface area (Å²) in [6, 6.07) is 6.62. The van der Waals surface area contributed by atoms with Crippen LogP contribution in [0.5, 0.6) is 5.75 Å². The van der Waals surface area contributed by atoms with Crippen molar-refractivity contribution in [2.24, 2.45) is 11.8 Å². The predicted octanol–water partition coefficient (Wildman–Crippen LogP) is 4.42. The van der Waals surface area contributed by atoms with Crippen LogP contribution in [-0.2, 0) is 16.0 Å². The summed E-state index contributed by atoms with van der Waals surface area (Å²) in [5.74, 6) is 2.53. The Kier molecular flexibility index (Phi) is 9.47. The molecule has 0 unspecified atom stereocenters. The zero-order valence-electron chi connectivity index (χ0n) is 18.5. The molecule has 1 N–H and O–H groups in total. The highest BCUT2D eigenvalue weighted by molar-refractivity contribution is 9.10. The van der Waals surface area contributed by atoms with E-state index in [1.54, 1.807) is 14.2 Å². The fourth-order valence-corrected chi connectivity index (χ4v) is 5.33. The molecule has 30 heavy (non-hydrogen) atoms. The Hall–Kier alpha value is -1.11. The highest BCUT2D eigenvalue weighted by Gasteiger charge is 2.24. The van der Waals surface area contributed by atoms with Crippen LogP contribution >= 0.6 is 15.9 Å². The Bertz CT molecular complexity index is 668. The molecule has 168 valence electrons. The number of rotatable bonds is 9. The number of nitrogens with one attached hydrogen (secondary N) is 1. The lowest BCUT2D eigenvalue weighted by Gasteiger charge is -2.34. The summed E-state index contributed by atoms with van der Waals surface area (Å²) < 4.78 is 11.5. The number of likely N-dealkylation sites (tertiary alicyclic amines) is 1. The summed E-state index contributed by atoms with van der Waals surface area (Å²) >= 11 is 3.70. The first-order valence-electron chi connectivity index (χ1n) is 11.4. The van der Waals surface area contributed by atoms with Crippen molar-refractivity contribution in [2.45, 2.75) is 57.4 Å². The first-order valence-corrected chi connectivity index (χ1v) is 12.2.